The van der Waals surface area contributed by atoms with Crippen LogP contribution in [0, 0.1) is 6.92 Å². The first-order valence-electron chi connectivity index (χ1n) is 5.84. The fourth-order valence-electron chi connectivity index (χ4n) is 2.49. The van der Waals surface area contributed by atoms with E-state index in [1.54, 1.807) is 0 Å². The maximum atomic E-state index is 11.3. The molecule has 1 atom stereocenters. The molecule has 1 unspecified atom stereocenters. The van der Waals surface area contributed by atoms with E-state index in [0.29, 0.717) is 6.42 Å². The second-order valence-corrected chi connectivity index (χ2v) is 4.37. The molecule has 0 aliphatic rings. The Labute approximate surface area is 101 Å². The van der Waals surface area contributed by atoms with Crippen LogP contribution in [0.2, 0.25) is 0 Å². The Morgan fingerprint density at radius 3 is 2.65 bits per heavy atom. The number of hydrogen-bond donors (Lipinski definition) is 1. The lowest BCUT2D eigenvalue weighted by atomic mass is 9.94. The zero-order valence-corrected chi connectivity index (χ0v) is 10.4. The molecule has 90 valence electrons. The van der Waals surface area contributed by atoms with Gasteiger partial charge in [0, 0.05) is 23.6 Å². The van der Waals surface area contributed by atoms with E-state index in [4.69, 9.17) is 0 Å². The largest absolute Gasteiger partial charge is 0.481 e. The number of nitrogens with zero attached hydrogens (tertiary/aromatic N) is 1. The van der Waals surface area contributed by atoms with Gasteiger partial charge in [0.2, 0.25) is 0 Å². The molecule has 1 aromatic heterocycles. The van der Waals surface area contributed by atoms with Gasteiger partial charge in [-0.25, -0.2) is 0 Å². The Kier molecular flexibility index (Phi) is 2.92. The highest BCUT2D eigenvalue weighted by molar-refractivity contribution is 5.91. The molecule has 1 heterocycles. The molecule has 0 fully saturated rings. The summed E-state index contributed by atoms with van der Waals surface area (Å²) in [6, 6.07) is 7.97. The smallest absolute Gasteiger partial charge is 0.311 e. The summed E-state index contributed by atoms with van der Waals surface area (Å²) >= 11 is 0. The molecule has 1 aromatic carbocycles. The van der Waals surface area contributed by atoms with Crippen LogP contribution in [0.3, 0.4) is 0 Å². The molecule has 2 rings (SSSR count). The Morgan fingerprint density at radius 2 is 2.06 bits per heavy atom. The average Bonchev–Trinajstić information content (AvgIpc) is 2.56. The third-order valence-corrected chi connectivity index (χ3v) is 3.50. The van der Waals surface area contributed by atoms with Gasteiger partial charge in [-0.3, -0.25) is 4.79 Å². The fourth-order valence-corrected chi connectivity index (χ4v) is 2.49. The van der Waals surface area contributed by atoms with Crippen molar-refractivity contribution in [1.29, 1.82) is 0 Å². The minimum Gasteiger partial charge on any atom is -0.481 e. The summed E-state index contributed by atoms with van der Waals surface area (Å²) in [6.07, 6.45) is 0.615. The van der Waals surface area contributed by atoms with Crippen LogP contribution in [0.5, 0.6) is 0 Å². The van der Waals surface area contributed by atoms with E-state index in [0.717, 1.165) is 22.2 Å². The van der Waals surface area contributed by atoms with Crippen LogP contribution < -0.4 is 0 Å². The van der Waals surface area contributed by atoms with Crippen LogP contribution in [0.25, 0.3) is 10.9 Å². The predicted molar refractivity (Wildman–Crippen MR) is 68.3 cm³/mol. The number of rotatable bonds is 3. The van der Waals surface area contributed by atoms with Crippen molar-refractivity contribution in [1.82, 2.24) is 4.57 Å². The van der Waals surface area contributed by atoms with Gasteiger partial charge in [0.05, 0.1) is 5.92 Å². The molecule has 1 N–H and O–H groups in total. The molecular formula is C14H17NO2. The van der Waals surface area contributed by atoms with Crippen molar-refractivity contribution in [3.63, 3.8) is 0 Å². The molecule has 0 radical (unpaired) electrons. The standard InChI is InChI=1S/C14H17NO2/c1-4-10(14(16)17)13-9(2)15(3)12-8-6-5-7-11(12)13/h5-8,10H,4H2,1-3H3,(H,16,17). The van der Waals surface area contributed by atoms with Gasteiger partial charge in [0.25, 0.3) is 0 Å². The van der Waals surface area contributed by atoms with Gasteiger partial charge in [-0.05, 0) is 25.0 Å². The van der Waals surface area contributed by atoms with Gasteiger partial charge < -0.3 is 9.67 Å². The molecule has 3 heteroatoms. The number of aliphatic carboxylic acids is 1. The Bertz CT molecular complexity index is 569. The highest BCUT2D eigenvalue weighted by Gasteiger charge is 2.24. The van der Waals surface area contributed by atoms with Gasteiger partial charge in [-0.1, -0.05) is 25.1 Å². The van der Waals surface area contributed by atoms with E-state index in [9.17, 15) is 9.90 Å². The van der Waals surface area contributed by atoms with Crippen LogP contribution in [-0.4, -0.2) is 15.6 Å². The zero-order chi connectivity index (χ0) is 12.6. The summed E-state index contributed by atoms with van der Waals surface area (Å²) in [5.74, 6) is -1.16. The molecule has 2 aromatic rings. The second kappa shape index (κ2) is 4.24. The highest BCUT2D eigenvalue weighted by Crippen LogP contribution is 2.32. The van der Waals surface area contributed by atoms with Crippen molar-refractivity contribution >= 4 is 16.9 Å². The molecule has 0 saturated heterocycles. The molecule has 0 spiro atoms. The van der Waals surface area contributed by atoms with Gasteiger partial charge in [0.15, 0.2) is 0 Å². The fraction of sp³-hybridized carbons (Fsp3) is 0.357. The van der Waals surface area contributed by atoms with Gasteiger partial charge in [0.1, 0.15) is 0 Å². The van der Waals surface area contributed by atoms with Crippen LogP contribution in [-0.2, 0) is 11.8 Å². The quantitative estimate of drug-likeness (QED) is 0.882. The summed E-state index contributed by atoms with van der Waals surface area (Å²) in [5.41, 5.74) is 3.10. The van der Waals surface area contributed by atoms with E-state index in [1.165, 1.54) is 0 Å². The molecule has 0 amide bonds. The molecule has 3 nitrogen and oxygen atoms in total. The second-order valence-electron chi connectivity index (χ2n) is 4.37. The number of benzene rings is 1. The monoisotopic (exact) mass is 231 g/mol. The van der Waals surface area contributed by atoms with Crippen molar-refractivity contribution in [3.8, 4) is 0 Å². The number of hydrogen-bond acceptors (Lipinski definition) is 1. The Hall–Kier alpha value is -1.77. The zero-order valence-electron chi connectivity index (χ0n) is 10.4. The van der Waals surface area contributed by atoms with E-state index in [1.807, 2.05) is 45.2 Å². The van der Waals surface area contributed by atoms with Gasteiger partial charge in [-0.2, -0.15) is 0 Å². The first kappa shape index (κ1) is 11.7. The first-order chi connectivity index (χ1) is 8.07. The molecular weight excluding hydrogens is 214 g/mol. The summed E-state index contributed by atoms with van der Waals surface area (Å²) < 4.78 is 2.07. The van der Waals surface area contributed by atoms with Crippen LogP contribution >= 0.6 is 0 Å². The Morgan fingerprint density at radius 1 is 1.41 bits per heavy atom. The van der Waals surface area contributed by atoms with Crippen LogP contribution in [0.4, 0.5) is 0 Å². The minimum atomic E-state index is -0.744. The minimum absolute atomic E-state index is 0.416. The lowest BCUT2D eigenvalue weighted by molar-refractivity contribution is -0.138. The molecule has 17 heavy (non-hydrogen) atoms. The van der Waals surface area contributed by atoms with Gasteiger partial charge >= 0.3 is 5.97 Å². The van der Waals surface area contributed by atoms with Crippen molar-refractivity contribution in [2.75, 3.05) is 0 Å². The number of carboxylic acid groups (broad SMARTS) is 1. The average molecular weight is 231 g/mol. The van der Waals surface area contributed by atoms with Crippen molar-refractivity contribution in [2.45, 2.75) is 26.2 Å². The van der Waals surface area contributed by atoms with Crippen molar-refractivity contribution in [3.05, 3.63) is 35.5 Å². The number of carbonyl (C=O) groups is 1. The summed E-state index contributed by atoms with van der Waals surface area (Å²) in [4.78, 5) is 11.3. The molecule has 0 aliphatic heterocycles. The highest BCUT2D eigenvalue weighted by atomic mass is 16.4. The maximum absolute atomic E-state index is 11.3. The van der Waals surface area contributed by atoms with E-state index >= 15 is 0 Å². The van der Waals surface area contributed by atoms with Crippen molar-refractivity contribution < 1.29 is 9.90 Å². The number of aryl methyl sites for hydroxylation is 1. The van der Waals surface area contributed by atoms with E-state index in [2.05, 4.69) is 4.57 Å². The number of fused-ring (bicyclic) bond motifs is 1. The SMILES string of the molecule is CCC(C(=O)O)c1c(C)n(C)c2ccccc12. The number of para-hydroxylation sites is 1. The van der Waals surface area contributed by atoms with E-state index in [-0.39, 0.29) is 0 Å². The summed E-state index contributed by atoms with van der Waals surface area (Å²) in [7, 11) is 1.98. The number of aromatic nitrogens is 1. The van der Waals surface area contributed by atoms with Crippen molar-refractivity contribution in [2.24, 2.45) is 7.05 Å². The lowest BCUT2D eigenvalue weighted by Crippen LogP contribution is -2.11. The van der Waals surface area contributed by atoms with Crippen LogP contribution in [0.15, 0.2) is 24.3 Å². The number of carboxylic acids is 1. The Balaban J connectivity index is 2.76. The summed E-state index contributed by atoms with van der Waals surface area (Å²) in [5, 5.41) is 10.4. The molecule has 0 bridgehead atoms. The molecule has 0 saturated carbocycles. The lowest BCUT2D eigenvalue weighted by Gasteiger charge is -2.10. The first-order valence-corrected chi connectivity index (χ1v) is 5.84. The third-order valence-electron chi connectivity index (χ3n) is 3.50. The molecule has 0 aliphatic carbocycles. The topological polar surface area (TPSA) is 42.2 Å². The predicted octanol–water partition coefficient (Wildman–Crippen LogP) is 3.06. The summed E-state index contributed by atoms with van der Waals surface area (Å²) in [6.45, 7) is 3.90. The van der Waals surface area contributed by atoms with E-state index < -0.39 is 11.9 Å². The van der Waals surface area contributed by atoms with Gasteiger partial charge in [-0.15, -0.1) is 0 Å². The maximum Gasteiger partial charge on any atom is 0.311 e. The van der Waals surface area contributed by atoms with Crippen LogP contribution in [0.1, 0.15) is 30.5 Å². The normalized spacial score (nSPS) is 12.9. The third kappa shape index (κ3) is 1.71.